The minimum Gasteiger partial charge on any atom is -0.464 e. The summed E-state index contributed by atoms with van der Waals surface area (Å²) in [7, 11) is 3.23. The Kier molecular flexibility index (Phi) is 4.30. The summed E-state index contributed by atoms with van der Waals surface area (Å²) in [5, 5.41) is 0. The van der Waals surface area contributed by atoms with Crippen LogP contribution >= 0.6 is 0 Å². The van der Waals surface area contributed by atoms with Gasteiger partial charge in [0.1, 0.15) is 5.82 Å². The molecule has 0 spiro atoms. The molecule has 0 unspecified atom stereocenters. The summed E-state index contributed by atoms with van der Waals surface area (Å²) in [6.45, 7) is 2.75. The number of hydrogen-bond acceptors (Lipinski definition) is 5. The minimum absolute atomic E-state index is 0.209. The molecule has 0 aliphatic heterocycles. The van der Waals surface area contributed by atoms with Crippen molar-refractivity contribution in [3.05, 3.63) is 53.5 Å². The Hall–Kier alpha value is -2.43. The van der Waals surface area contributed by atoms with Crippen LogP contribution in [0.3, 0.4) is 0 Å². The number of hydrogen-bond donors (Lipinski definition) is 0. The number of anilines is 1. The maximum Gasteiger partial charge on any atom is 0.358 e. The van der Waals surface area contributed by atoms with E-state index in [0.29, 0.717) is 12.4 Å². The zero-order chi connectivity index (χ0) is 14.5. The fourth-order valence-corrected chi connectivity index (χ4v) is 1.79. The Morgan fingerprint density at radius 2 is 1.95 bits per heavy atom. The van der Waals surface area contributed by atoms with E-state index >= 15 is 0 Å². The van der Waals surface area contributed by atoms with Gasteiger partial charge in [-0.2, -0.15) is 0 Å². The molecular formula is C15H17N3O2. The Balaban J connectivity index is 2.14. The maximum atomic E-state index is 11.4. The summed E-state index contributed by atoms with van der Waals surface area (Å²) >= 11 is 0. The molecule has 20 heavy (non-hydrogen) atoms. The summed E-state index contributed by atoms with van der Waals surface area (Å²) in [4.78, 5) is 21.6. The van der Waals surface area contributed by atoms with Gasteiger partial charge in [0.25, 0.3) is 0 Å². The number of aromatic nitrogens is 2. The van der Waals surface area contributed by atoms with Crippen LogP contribution in [0, 0.1) is 6.92 Å². The fourth-order valence-electron chi connectivity index (χ4n) is 1.79. The fraction of sp³-hybridized carbons (Fsp3) is 0.267. The number of ether oxygens (including phenoxy) is 1. The standard InChI is InChI=1S/C15H17N3O2/c1-11-4-6-12(7-5-11)10-18(2)14-9-16-8-13(17-14)15(19)20-3/h4-9H,10H2,1-3H3. The molecule has 1 aromatic carbocycles. The van der Waals surface area contributed by atoms with Gasteiger partial charge < -0.3 is 9.64 Å². The van der Waals surface area contributed by atoms with Gasteiger partial charge >= 0.3 is 5.97 Å². The van der Waals surface area contributed by atoms with Crippen LogP contribution in [0.1, 0.15) is 21.6 Å². The zero-order valence-electron chi connectivity index (χ0n) is 11.8. The lowest BCUT2D eigenvalue weighted by Crippen LogP contribution is -2.19. The SMILES string of the molecule is COC(=O)c1cncc(N(C)Cc2ccc(C)cc2)n1. The summed E-state index contributed by atoms with van der Waals surface area (Å²) in [6.07, 6.45) is 3.02. The Bertz CT molecular complexity index is 596. The van der Waals surface area contributed by atoms with E-state index < -0.39 is 5.97 Å². The van der Waals surface area contributed by atoms with Crippen molar-refractivity contribution in [2.45, 2.75) is 13.5 Å². The Labute approximate surface area is 118 Å². The van der Waals surface area contributed by atoms with Crippen LogP contribution in [-0.4, -0.2) is 30.1 Å². The zero-order valence-corrected chi connectivity index (χ0v) is 11.8. The molecule has 2 rings (SSSR count). The average molecular weight is 271 g/mol. The van der Waals surface area contributed by atoms with Crippen molar-refractivity contribution in [1.29, 1.82) is 0 Å². The van der Waals surface area contributed by atoms with Crippen LogP contribution in [0.2, 0.25) is 0 Å². The molecule has 0 amide bonds. The van der Waals surface area contributed by atoms with Gasteiger partial charge in [-0.1, -0.05) is 29.8 Å². The molecule has 104 valence electrons. The molecule has 0 saturated carbocycles. The molecule has 5 heteroatoms. The number of carbonyl (C=O) groups is 1. The molecule has 0 aliphatic carbocycles. The summed E-state index contributed by atoms with van der Waals surface area (Å²) in [5.41, 5.74) is 2.60. The first-order valence-corrected chi connectivity index (χ1v) is 6.27. The number of benzene rings is 1. The predicted molar refractivity (Wildman–Crippen MR) is 76.7 cm³/mol. The summed E-state index contributed by atoms with van der Waals surface area (Å²) in [5.74, 6) is 0.150. The van der Waals surface area contributed by atoms with E-state index in [-0.39, 0.29) is 5.69 Å². The lowest BCUT2D eigenvalue weighted by Gasteiger charge is -2.18. The van der Waals surface area contributed by atoms with Crippen molar-refractivity contribution >= 4 is 11.8 Å². The van der Waals surface area contributed by atoms with Crippen molar-refractivity contribution < 1.29 is 9.53 Å². The molecule has 1 heterocycles. The van der Waals surface area contributed by atoms with Gasteiger partial charge in [0.15, 0.2) is 5.69 Å². The average Bonchev–Trinajstić information content (AvgIpc) is 2.49. The number of methoxy groups -OCH3 is 1. The highest BCUT2D eigenvalue weighted by Gasteiger charge is 2.11. The molecule has 0 fully saturated rings. The molecule has 0 radical (unpaired) electrons. The van der Waals surface area contributed by atoms with Crippen LogP contribution in [0.15, 0.2) is 36.7 Å². The molecular weight excluding hydrogens is 254 g/mol. The van der Waals surface area contributed by atoms with Gasteiger partial charge in [-0.3, -0.25) is 4.98 Å². The van der Waals surface area contributed by atoms with Crippen LogP contribution in [0.4, 0.5) is 5.82 Å². The van der Waals surface area contributed by atoms with Crippen molar-refractivity contribution in [2.24, 2.45) is 0 Å². The van der Waals surface area contributed by atoms with Crippen LogP contribution in [0.5, 0.6) is 0 Å². The third kappa shape index (κ3) is 3.32. The molecule has 0 bridgehead atoms. The molecule has 5 nitrogen and oxygen atoms in total. The second-order valence-corrected chi connectivity index (χ2v) is 4.60. The molecule has 0 saturated heterocycles. The first kappa shape index (κ1) is 14.0. The van der Waals surface area contributed by atoms with Crippen molar-refractivity contribution in [2.75, 3.05) is 19.1 Å². The Morgan fingerprint density at radius 1 is 1.25 bits per heavy atom. The lowest BCUT2D eigenvalue weighted by molar-refractivity contribution is 0.0593. The molecule has 1 aromatic heterocycles. The largest absolute Gasteiger partial charge is 0.464 e. The molecule has 0 atom stereocenters. The van der Waals surface area contributed by atoms with E-state index in [4.69, 9.17) is 0 Å². The van der Waals surface area contributed by atoms with E-state index in [1.54, 1.807) is 6.20 Å². The molecule has 2 aromatic rings. The van der Waals surface area contributed by atoms with E-state index in [1.165, 1.54) is 24.4 Å². The van der Waals surface area contributed by atoms with Crippen LogP contribution < -0.4 is 4.90 Å². The van der Waals surface area contributed by atoms with E-state index in [9.17, 15) is 4.79 Å². The molecule has 0 aliphatic rings. The first-order chi connectivity index (χ1) is 9.60. The monoisotopic (exact) mass is 271 g/mol. The van der Waals surface area contributed by atoms with Gasteiger partial charge in [0, 0.05) is 13.6 Å². The summed E-state index contributed by atoms with van der Waals surface area (Å²) in [6, 6.07) is 8.28. The van der Waals surface area contributed by atoms with Crippen molar-refractivity contribution in [3.8, 4) is 0 Å². The normalized spacial score (nSPS) is 10.2. The van der Waals surface area contributed by atoms with Gasteiger partial charge in [0.05, 0.1) is 19.5 Å². The van der Waals surface area contributed by atoms with Crippen molar-refractivity contribution in [1.82, 2.24) is 9.97 Å². The van der Waals surface area contributed by atoms with Gasteiger partial charge in [-0.05, 0) is 12.5 Å². The topological polar surface area (TPSA) is 55.3 Å². The lowest BCUT2D eigenvalue weighted by atomic mass is 10.1. The number of rotatable bonds is 4. The number of aryl methyl sites for hydroxylation is 1. The third-order valence-corrected chi connectivity index (χ3v) is 2.95. The second-order valence-electron chi connectivity index (χ2n) is 4.60. The van der Waals surface area contributed by atoms with Crippen LogP contribution in [0.25, 0.3) is 0 Å². The highest BCUT2D eigenvalue weighted by atomic mass is 16.5. The third-order valence-electron chi connectivity index (χ3n) is 2.95. The highest BCUT2D eigenvalue weighted by Crippen LogP contribution is 2.13. The highest BCUT2D eigenvalue weighted by molar-refractivity contribution is 5.87. The number of esters is 1. The predicted octanol–water partition coefficient (Wildman–Crippen LogP) is 2.21. The first-order valence-electron chi connectivity index (χ1n) is 6.27. The molecule has 0 N–H and O–H groups in total. The van der Waals surface area contributed by atoms with Crippen molar-refractivity contribution in [3.63, 3.8) is 0 Å². The number of carbonyl (C=O) groups excluding carboxylic acids is 1. The van der Waals surface area contributed by atoms with Gasteiger partial charge in [-0.25, -0.2) is 9.78 Å². The van der Waals surface area contributed by atoms with Gasteiger partial charge in [0.2, 0.25) is 0 Å². The number of nitrogens with zero attached hydrogens (tertiary/aromatic N) is 3. The Morgan fingerprint density at radius 3 is 2.60 bits per heavy atom. The van der Waals surface area contributed by atoms with Crippen LogP contribution in [-0.2, 0) is 11.3 Å². The second kappa shape index (κ2) is 6.14. The smallest absolute Gasteiger partial charge is 0.358 e. The maximum absolute atomic E-state index is 11.4. The quantitative estimate of drug-likeness (QED) is 0.798. The minimum atomic E-state index is -0.483. The van der Waals surface area contributed by atoms with Gasteiger partial charge in [-0.15, -0.1) is 0 Å². The summed E-state index contributed by atoms with van der Waals surface area (Å²) < 4.78 is 4.64. The van der Waals surface area contributed by atoms with E-state index in [0.717, 1.165) is 0 Å². The van der Waals surface area contributed by atoms with E-state index in [2.05, 4.69) is 45.9 Å². The van der Waals surface area contributed by atoms with E-state index in [1.807, 2.05) is 11.9 Å².